The largest absolute Gasteiger partial charge is 0.378 e. The van der Waals surface area contributed by atoms with Crippen LogP contribution in [0.2, 0.25) is 0 Å². The van der Waals surface area contributed by atoms with Crippen LogP contribution in [-0.2, 0) is 11.8 Å². The van der Waals surface area contributed by atoms with Crippen molar-refractivity contribution in [2.45, 2.75) is 31.9 Å². The minimum Gasteiger partial charge on any atom is -0.378 e. The summed E-state index contributed by atoms with van der Waals surface area (Å²) in [5.41, 5.74) is 1.08. The third-order valence-electron chi connectivity index (χ3n) is 4.33. The van der Waals surface area contributed by atoms with Crippen molar-refractivity contribution in [1.82, 2.24) is 9.88 Å². The molecule has 19 heavy (non-hydrogen) atoms. The molecule has 0 radical (unpaired) electrons. The van der Waals surface area contributed by atoms with Crippen molar-refractivity contribution < 1.29 is 9.53 Å². The number of nitrogens with zero attached hydrogens (tertiary/aromatic N) is 1. The minimum absolute atomic E-state index is 0.128. The molecule has 1 amide bonds. The topological polar surface area (TPSA) is 60.3 Å². The van der Waals surface area contributed by atoms with E-state index >= 15 is 0 Å². The van der Waals surface area contributed by atoms with E-state index in [4.69, 9.17) is 4.74 Å². The van der Waals surface area contributed by atoms with Crippen LogP contribution in [0.4, 0.5) is 0 Å². The monoisotopic (exact) mass is 262 g/mol. The van der Waals surface area contributed by atoms with Crippen molar-refractivity contribution in [1.29, 1.82) is 0 Å². The van der Waals surface area contributed by atoms with Gasteiger partial charge < -0.3 is 14.6 Å². The summed E-state index contributed by atoms with van der Waals surface area (Å²) in [6.07, 6.45) is 2.23. The third kappa shape index (κ3) is 2.08. The number of carbonyl (C=O) groups excluding carboxylic acids is 1. The molecule has 1 aliphatic heterocycles. The molecule has 1 N–H and O–H groups in total. The first-order chi connectivity index (χ1) is 9.06. The molecule has 2 heterocycles. The van der Waals surface area contributed by atoms with Crippen LogP contribution in [0.15, 0.2) is 16.9 Å². The molecule has 1 saturated carbocycles. The molecule has 5 nitrogen and oxygen atoms in total. The number of nitrogens with one attached hydrogen (secondary N) is 1. The number of fused-ring (bicyclic) bond motifs is 1. The second kappa shape index (κ2) is 4.49. The van der Waals surface area contributed by atoms with Gasteiger partial charge in [-0.3, -0.25) is 9.59 Å². The van der Waals surface area contributed by atoms with Gasteiger partial charge in [0.05, 0.1) is 6.10 Å². The summed E-state index contributed by atoms with van der Waals surface area (Å²) in [6, 6.07) is 3.11. The molecule has 0 spiro atoms. The van der Waals surface area contributed by atoms with Crippen LogP contribution in [0.3, 0.4) is 0 Å². The fourth-order valence-electron chi connectivity index (χ4n) is 2.99. The highest BCUT2D eigenvalue weighted by molar-refractivity contribution is 5.92. The lowest BCUT2D eigenvalue weighted by atomic mass is 9.76. The lowest BCUT2D eigenvalue weighted by Gasteiger charge is -2.39. The molecule has 1 aromatic heterocycles. The first kappa shape index (κ1) is 12.4. The van der Waals surface area contributed by atoms with Gasteiger partial charge in [0.2, 0.25) is 0 Å². The van der Waals surface area contributed by atoms with E-state index in [9.17, 15) is 9.59 Å². The maximum absolute atomic E-state index is 12.3. The van der Waals surface area contributed by atoms with Crippen molar-refractivity contribution in [2.24, 2.45) is 13.0 Å². The molecule has 2 fully saturated rings. The standard InChI is InChI=1S/C14H18N2O3/c1-8-5-9(17)6-12(16(8)2)14(18)15-11-7-13-10(11)3-4-19-13/h5-6,10-11,13H,3-4,7H2,1-2H3,(H,15,18)/t10-,11-,13+/m1/s1. The van der Waals surface area contributed by atoms with Crippen molar-refractivity contribution in [3.8, 4) is 0 Å². The smallest absolute Gasteiger partial charge is 0.268 e. The number of carbonyl (C=O) groups is 1. The molecular formula is C14H18N2O3. The Morgan fingerprint density at radius 1 is 1.47 bits per heavy atom. The van der Waals surface area contributed by atoms with Crippen LogP contribution < -0.4 is 10.7 Å². The number of rotatable bonds is 2. The van der Waals surface area contributed by atoms with Crippen molar-refractivity contribution >= 4 is 5.91 Å². The Balaban J connectivity index is 1.76. The molecule has 1 aliphatic carbocycles. The first-order valence-corrected chi connectivity index (χ1v) is 6.66. The maximum Gasteiger partial charge on any atom is 0.268 e. The van der Waals surface area contributed by atoms with Crippen LogP contribution in [0, 0.1) is 12.8 Å². The number of ether oxygens (including phenoxy) is 1. The Hall–Kier alpha value is -1.62. The summed E-state index contributed by atoms with van der Waals surface area (Å²) in [7, 11) is 1.80. The van der Waals surface area contributed by atoms with Gasteiger partial charge in [0.25, 0.3) is 5.91 Å². The maximum atomic E-state index is 12.3. The Labute approximate surface area is 111 Å². The zero-order valence-electron chi connectivity index (χ0n) is 11.2. The summed E-state index contributed by atoms with van der Waals surface area (Å²) < 4.78 is 7.27. The van der Waals surface area contributed by atoms with E-state index in [1.165, 1.54) is 12.1 Å². The van der Waals surface area contributed by atoms with Crippen LogP contribution in [0.5, 0.6) is 0 Å². The van der Waals surface area contributed by atoms with Gasteiger partial charge in [-0.15, -0.1) is 0 Å². The van der Waals surface area contributed by atoms with Gasteiger partial charge in [-0.05, 0) is 19.8 Å². The number of pyridine rings is 1. The molecule has 0 unspecified atom stereocenters. The van der Waals surface area contributed by atoms with E-state index in [1.807, 2.05) is 6.92 Å². The van der Waals surface area contributed by atoms with E-state index in [1.54, 1.807) is 11.6 Å². The molecule has 1 saturated heterocycles. The summed E-state index contributed by atoms with van der Waals surface area (Å²) in [6.45, 7) is 2.62. The van der Waals surface area contributed by atoms with Crippen LogP contribution in [-0.4, -0.2) is 29.2 Å². The Kier molecular flexibility index (Phi) is 2.93. The van der Waals surface area contributed by atoms with E-state index in [2.05, 4.69) is 5.32 Å². The minimum atomic E-state index is -0.168. The summed E-state index contributed by atoms with van der Waals surface area (Å²) in [5, 5.41) is 3.02. The van der Waals surface area contributed by atoms with E-state index in [-0.39, 0.29) is 17.4 Å². The van der Waals surface area contributed by atoms with Gasteiger partial charge in [0.1, 0.15) is 5.69 Å². The predicted octanol–water partition coefficient (Wildman–Crippen LogP) is 0.601. The Morgan fingerprint density at radius 2 is 2.26 bits per heavy atom. The average Bonchev–Trinajstić information content (AvgIpc) is 2.72. The highest BCUT2D eigenvalue weighted by Crippen LogP contribution is 2.38. The second-order valence-electron chi connectivity index (χ2n) is 5.45. The van der Waals surface area contributed by atoms with Gasteiger partial charge in [-0.1, -0.05) is 0 Å². The van der Waals surface area contributed by atoms with Crippen molar-refractivity contribution in [2.75, 3.05) is 6.61 Å². The molecule has 0 aromatic carbocycles. The lowest BCUT2D eigenvalue weighted by molar-refractivity contribution is 0.00797. The quantitative estimate of drug-likeness (QED) is 0.849. The van der Waals surface area contributed by atoms with Crippen LogP contribution in [0.25, 0.3) is 0 Å². The van der Waals surface area contributed by atoms with Crippen molar-refractivity contribution in [3.05, 3.63) is 33.7 Å². The van der Waals surface area contributed by atoms with Gasteiger partial charge in [-0.2, -0.15) is 0 Å². The molecule has 2 aliphatic rings. The van der Waals surface area contributed by atoms with E-state index in [0.29, 0.717) is 17.7 Å². The highest BCUT2D eigenvalue weighted by Gasteiger charge is 2.45. The lowest BCUT2D eigenvalue weighted by Crippen LogP contribution is -2.53. The second-order valence-corrected chi connectivity index (χ2v) is 5.45. The van der Waals surface area contributed by atoms with Gasteiger partial charge in [-0.25, -0.2) is 0 Å². The van der Waals surface area contributed by atoms with Gasteiger partial charge in [0.15, 0.2) is 5.43 Å². The average molecular weight is 262 g/mol. The number of amides is 1. The number of hydrogen-bond donors (Lipinski definition) is 1. The van der Waals surface area contributed by atoms with Crippen LogP contribution >= 0.6 is 0 Å². The van der Waals surface area contributed by atoms with Crippen molar-refractivity contribution in [3.63, 3.8) is 0 Å². The molecule has 102 valence electrons. The Bertz CT molecular complexity index is 579. The normalized spacial score (nSPS) is 28.6. The molecular weight excluding hydrogens is 244 g/mol. The summed E-state index contributed by atoms with van der Waals surface area (Å²) >= 11 is 0. The molecule has 3 rings (SSSR count). The Morgan fingerprint density at radius 3 is 3.00 bits per heavy atom. The predicted molar refractivity (Wildman–Crippen MR) is 70.1 cm³/mol. The summed E-state index contributed by atoms with van der Waals surface area (Å²) in [5.74, 6) is 0.282. The van der Waals surface area contributed by atoms with Gasteiger partial charge in [0, 0.05) is 43.4 Å². The van der Waals surface area contributed by atoms with Gasteiger partial charge >= 0.3 is 0 Å². The number of aryl methyl sites for hydroxylation is 1. The molecule has 0 bridgehead atoms. The fourth-order valence-corrected chi connectivity index (χ4v) is 2.99. The zero-order valence-corrected chi connectivity index (χ0v) is 11.2. The summed E-state index contributed by atoms with van der Waals surface area (Å²) in [4.78, 5) is 23.8. The SMILES string of the molecule is Cc1cc(=O)cc(C(=O)N[C@@H]2C[C@@H]3OCC[C@@H]32)n1C. The molecule has 3 atom stereocenters. The van der Waals surface area contributed by atoms with Crippen LogP contribution in [0.1, 0.15) is 29.0 Å². The van der Waals surface area contributed by atoms with E-state index in [0.717, 1.165) is 25.1 Å². The zero-order chi connectivity index (χ0) is 13.6. The number of hydrogen-bond acceptors (Lipinski definition) is 3. The fraction of sp³-hybridized carbons (Fsp3) is 0.571. The third-order valence-corrected chi connectivity index (χ3v) is 4.33. The van der Waals surface area contributed by atoms with E-state index < -0.39 is 0 Å². The molecule has 1 aromatic rings. The molecule has 5 heteroatoms. The first-order valence-electron chi connectivity index (χ1n) is 6.66. The number of aromatic nitrogens is 1. The highest BCUT2D eigenvalue weighted by atomic mass is 16.5.